The van der Waals surface area contributed by atoms with Crippen LogP contribution in [-0.4, -0.2) is 5.12 Å². The maximum absolute atomic E-state index is 13.1. The van der Waals surface area contributed by atoms with E-state index in [0.29, 0.717) is 0 Å². The van der Waals surface area contributed by atoms with Gasteiger partial charge in [-0.05, 0) is 47.0 Å². The summed E-state index contributed by atoms with van der Waals surface area (Å²) in [5, 5.41) is 0.205. The van der Waals surface area contributed by atoms with Crippen molar-refractivity contribution in [1.82, 2.24) is 0 Å². The summed E-state index contributed by atoms with van der Waals surface area (Å²) in [7, 11) is -1.04. The fourth-order valence-electron chi connectivity index (χ4n) is 2.44. The molecule has 0 aliphatic heterocycles. The predicted molar refractivity (Wildman–Crippen MR) is 93.9 cm³/mol. The average Bonchev–Trinajstić information content (AvgIpc) is 2.57. The Morgan fingerprint density at radius 3 is 1.77 bits per heavy atom. The summed E-state index contributed by atoms with van der Waals surface area (Å²) < 4.78 is 0. The molecule has 0 heterocycles. The number of carbonyl (C=O) groups is 1. The highest BCUT2D eigenvalue weighted by molar-refractivity contribution is 8.30. The molecule has 2 heteroatoms. The van der Waals surface area contributed by atoms with E-state index in [4.69, 9.17) is 0 Å². The van der Waals surface area contributed by atoms with Gasteiger partial charge in [0.15, 0.2) is 0 Å². The molecule has 3 aromatic carbocycles. The van der Waals surface area contributed by atoms with Crippen molar-refractivity contribution in [3.8, 4) is 0 Å². The number of hydrogen-bond acceptors (Lipinski definition) is 1. The summed E-state index contributed by atoms with van der Waals surface area (Å²) in [6.45, 7) is 2.02. The third-order valence-corrected chi connectivity index (χ3v) is 5.79. The van der Waals surface area contributed by atoms with Crippen molar-refractivity contribution in [2.75, 3.05) is 0 Å². The van der Waals surface area contributed by atoms with Crippen LogP contribution in [0.2, 0.25) is 0 Å². The Hall–Kier alpha value is -2.32. The number of thiol groups is 1. The molecule has 0 saturated heterocycles. The Kier molecular flexibility index (Phi) is 4.40. The van der Waals surface area contributed by atoms with E-state index in [9.17, 15) is 4.79 Å². The zero-order chi connectivity index (χ0) is 15.4. The summed E-state index contributed by atoms with van der Waals surface area (Å²) in [4.78, 5) is 15.3. The van der Waals surface area contributed by atoms with Gasteiger partial charge in [0.25, 0.3) is 0 Å². The zero-order valence-corrected chi connectivity index (χ0v) is 13.3. The van der Waals surface area contributed by atoms with E-state index in [-0.39, 0.29) is 5.12 Å². The highest BCUT2D eigenvalue weighted by Gasteiger charge is 2.19. The molecular weight excluding hydrogens is 288 g/mol. The Morgan fingerprint density at radius 2 is 1.27 bits per heavy atom. The van der Waals surface area contributed by atoms with Crippen molar-refractivity contribution in [1.29, 1.82) is 0 Å². The summed E-state index contributed by atoms with van der Waals surface area (Å²) in [6.07, 6.45) is 0. The maximum atomic E-state index is 13.1. The highest BCUT2D eigenvalue weighted by Crippen LogP contribution is 2.46. The third-order valence-electron chi connectivity index (χ3n) is 3.50. The van der Waals surface area contributed by atoms with Crippen LogP contribution in [0.5, 0.6) is 0 Å². The standard InChI is InChI=1S/C20H18OS/c1-16-9-8-10-17(15-16)20(21)22(18-11-4-2-5-12-18)19-13-6-3-7-14-19/h2-15,22H,1H3. The average molecular weight is 306 g/mol. The fraction of sp³-hybridized carbons (Fsp3) is 0.0500. The first kappa shape index (κ1) is 14.6. The van der Waals surface area contributed by atoms with Crippen LogP contribution in [0, 0.1) is 6.92 Å². The number of hydrogen-bond donors (Lipinski definition) is 1. The SMILES string of the molecule is Cc1cccc(C(=O)[SH](c2ccccc2)c2ccccc2)c1. The molecule has 3 rings (SSSR count). The largest absolute Gasteiger partial charge is 0.283 e. The summed E-state index contributed by atoms with van der Waals surface area (Å²) >= 11 is 0. The van der Waals surface area contributed by atoms with Crippen molar-refractivity contribution >= 4 is 16.0 Å². The first-order valence-corrected chi connectivity index (χ1v) is 8.61. The Bertz CT molecular complexity index is 726. The minimum atomic E-state index is -1.04. The Morgan fingerprint density at radius 1 is 0.727 bits per heavy atom. The van der Waals surface area contributed by atoms with Gasteiger partial charge in [-0.25, -0.2) is 0 Å². The van der Waals surface area contributed by atoms with Crippen molar-refractivity contribution in [3.05, 3.63) is 96.1 Å². The van der Waals surface area contributed by atoms with Crippen molar-refractivity contribution in [3.63, 3.8) is 0 Å². The van der Waals surface area contributed by atoms with Gasteiger partial charge >= 0.3 is 0 Å². The molecule has 0 aromatic heterocycles. The molecule has 110 valence electrons. The molecule has 0 atom stereocenters. The van der Waals surface area contributed by atoms with Gasteiger partial charge in [0.05, 0.1) is 0 Å². The topological polar surface area (TPSA) is 17.1 Å². The van der Waals surface area contributed by atoms with Crippen molar-refractivity contribution in [2.24, 2.45) is 0 Å². The second-order valence-corrected chi connectivity index (χ2v) is 7.29. The quantitative estimate of drug-likeness (QED) is 0.654. The van der Waals surface area contributed by atoms with E-state index in [1.54, 1.807) is 0 Å². The minimum Gasteiger partial charge on any atom is -0.283 e. The lowest BCUT2D eigenvalue weighted by Crippen LogP contribution is -2.02. The molecule has 0 fully saturated rings. The lowest BCUT2D eigenvalue weighted by molar-refractivity contribution is 0.108. The van der Waals surface area contributed by atoms with Crippen LogP contribution >= 0.6 is 10.9 Å². The number of carbonyl (C=O) groups excluding carboxylic acids is 1. The van der Waals surface area contributed by atoms with Gasteiger partial charge in [0.2, 0.25) is 5.12 Å². The first-order chi connectivity index (χ1) is 10.8. The third kappa shape index (κ3) is 3.12. The molecule has 0 amide bonds. The van der Waals surface area contributed by atoms with Crippen molar-refractivity contribution < 1.29 is 4.79 Å². The highest BCUT2D eigenvalue weighted by atomic mass is 32.2. The van der Waals surface area contributed by atoms with Gasteiger partial charge in [-0.1, -0.05) is 60.2 Å². The summed E-state index contributed by atoms with van der Waals surface area (Å²) in [5.41, 5.74) is 1.90. The van der Waals surface area contributed by atoms with Crippen LogP contribution in [0.1, 0.15) is 15.9 Å². The Labute approximate surface area is 134 Å². The zero-order valence-electron chi connectivity index (χ0n) is 12.4. The molecule has 1 nitrogen and oxygen atoms in total. The van der Waals surface area contributed by atoms with Crippen LogP contribution in [0.25, 0.3) is 0 Å². The molecule has 0 aliphatic carbocycles. The van der Waals surface area contributed by atoms with E-state index in [1.807, 2.05) is 91.9 Å². The first-order valence-electron chi connectivity index (χ1n) is 7.27. The molecule has 0 aliphatic rings. The van der Waals surface area contributed by atoms with Gasteiger partial charge in [0.1, 0.15) is 0 Å². The Balaban J connectivity index is 2.08. The van der Waals surface area contributed by atoms with Gasteiger partial charge in [-0.15, -0.1) is 10.9 Å². The second-order valence-electron chi connectivity index (χ2n) is 5.18. The van der Waals surface area contributed by atoms with E-state index in [2.05, 4.69) is 0 Å². The van der Waals surface area contributed by atoms with Crippen LogP contribution < -0.4 is 0 Å². The predicted octanol–water partition coefficient (Wildman–Crippen LogP) is 5.25. The lowest BCUT2D eigenvalue weighted by Gasteiger charge is -2.21. The number of rotatable bonds is 3. The summed E-state index contributed by atoms with van der Waals surface area (Å²) in [5.74, 6) is 0. The molecule has 0 N–H and O–H groups in total. The smallest absolute Gasteiger partial charge is 0.207 e. The monoisotopic (exact) mass is 306 g/mol. The molecule has 22 heavy (non-hydrogen) atoms. The van der Waals surface area contributed by atoms with Crippen LogP contribution in [0.3, 0.4) is 0 Å². The molecule has 0 saturated carbocycles. The van der Waals surface area contributed by atoms with Crippen molar-refractivity contribution in [2.45, 2.75) is 16.7 Å². The molecular formula is C20H18OS. The summed E-state index contributed by atoms with van der Waals surface area (Å²) in [6, 6.07) is 28.0. The van der Waals surface area contributed by atoms with Gasteiger partial charge in [-0.3, -0.25) is 4.79 Å². The van der Waals surface area contributed by atoms with Crippen LogP contribution in [0.15, 0.2) is 94.7 Å². The maximum Gasteiger partial charge on any atom is 0.207 e. The number of aryl methyl sites for hydroxylation is 1. The van der Waals surface area contributed by atoms with Crippen LogP contribution in [0.4, 0.5) is 0 Å². The van der Waals surface area contributed by atoms with Gasteiger partial charge in [0, 0.05) is 5.56 Å². The normalized spacial score (nSPS) is 11.0. The fourth-order valence-corrected chi connectivity index (χ4v) is 4.55. The number of benzene rings is 3. The van der Waals surface area contributed by atoms with E-state index in [0.717, 1.165) is 20.9 Å². The van der Waals surface area contributed by atoms with E-state index < -0.39 is 10.9 Å². The minimum absolute atomic E-state index is 0.205. The van der Waals surface area contributed by atoms with E-state index >= 15 is 0 Å². The molecule has 0 radical (unpaired) electrons. The van der Waals surface area contributed by atoms with Gasteiger partial charge in [-0.2, -0.15) is 0 Å². The molecule has 0 bridgehead atoms. The van der Waals surface area contributed by atoms with E-state index in [1.165, 1.54) is 0 Å². The second kappa shape index (κ2) is 6.63. The molecule has 0 unspecified atom stereocenters. The van der Waals surface area contributed by atoms with Crippen LogP contribution in [-0.2, 0) is 0 Å². The lowest BCUT2D eigenvalue weighted by atomic mass is 10.2. The van der Waals surface area contributed by atoms with Gasteiger partial charge < -0.3 is 0 Å². The molecule has 3 aromatic rings. The molecule has 0 spiro atoms.